The highest BCUT2D eigenvalue weighted by molar-refractivity contribution is 5.73. The molecule has 3 aromatic rings. The van der Waals surface area contributed by atoms with Crippen LogP contribution in [0.3, 0.4) is 0 Å². The van der Waals surface area contributed by atoms with Crippen molar-refractivity contribution in [2.75, 3.05) is 6.61 Å². The van der Waals surface area contributed by atoms with Gasteiger partial charge in [-0.25, -0.2) is 24.3 Å². The van der Waals surface area contributed by atoms with Gasteiger partial charge in [0, 0.05) is 30.5 Å². The molecule has 2 aliphatic carbocycles. The van der Waals surface area contributed by atoms with Crippen molar-refractivity contribution >= 4 is 11.2 Å². The van der Waals surface area contributed by atoms with Gasteiger partial charge in [0.25, 0.3) is 0 Å². The summed E-state index contributed by atoms with van der Waals surface area (Å²) >= 11 is 0. The van der Waals surface area contributed by atoms with E-state index in [4.69, 9.17) is 4.74 Å². The molecule has 0 radical (unpaired) electrons. The summed E-state index contributed by atoms with van der Waals surface area (Å²) in [5.74, 6) is -1.85. The highest BCUT2D eigenvalue weighted by atomic mass is 19.4. The third kappa shape index (κ3) is 4.08. The van der Waals surface area contributed by atoms with E-state index in [1.54, 1.807) is 13.1 Å². The maximum Gasteiger partial charge on any atom is 0.416 e. The van der Waals surface area contributed by atoms with Gasteiger partial charge in [-0.15, -0.1) is 0 Å². The second-order valence-corrected chi connectivity index (χ2v) is 9.77. The largest absolute Gasteiger partial charge is 0.416 e. The number of hydrogen-bond acceptors (Lipinski definition) is 6. The SMILES string of the molecule is Cc1cnc2c(C3C=CC(C(F)(F)F)=CC3(F)[C@H]3CCO[C@@H](c4cnn(C5CC5)c4)C3)ncnc2n1. The first-order valence-corrected chi connectivity index (χ1v) is 12.0. The summed E-state index contributed by atoms with van der Waals surface area (Å²) in [6.45, 7) is 1.98. The van der Waals surface area contributed by atoms with Crippen LogP contribution in [0.2, 0.25) is 0 Å². The fourth-order valence-electron chi connectivity index (χ4n) is 5.23. The molecule has 0 aromatic carbocycles. The van der Waals surface area contributed by atoms with Gasteiger partial charge in [0.1, 0.15) is 17.5 Å². The molecule has 1 aliphatic heterocycles. The molecular formula is C25H24F4N6O. The molecule has 3 aromatic heterocycles. The van der Waals surface area contributed by atoms with Crippen LogP contribution >= 0.6 is 0 Å². The van der Waals surface area contributed by atoms with E-state index < -0.39 is 35.4 Å². The second-order valence-electron chi connectivity index (χ2n) is 9.77. The predicted octanol–water partition coefficient (Wildman–Crippen LogP) is 5.28. The molecule has 2 unspecified atom stereocenters. The van der Waals surface area contributed by atoms with Crippen LogP contribution in [0.4, 0.5) is 17.6 Å². The van der Waals surface area contributed by atoms with Gasteiger partial charge in [0.2, 0.25) is 0 Å². The number of fused-ring (bicyclic) bond motifs is 1. The number of allylic oxidation sites excluding steroid dienone is 4. The molecule has 11 heteroatoms. The molecule has 0 bridgehead atoms. The van der Waals surface area contributed by atoms with Crippen molar-refractivity contribution in [2.45, 2.75) is 62.5 Å². The van der Waals surface area contributed by atoms with Gasteiger partial charge >= 0.3 is 6.18 Å². The normalized spacial score (nSPS) is 28.9. The molecule has 0 amide bonds. The van der Waals surface area contributed by atoms with Crippen LogP contribution in [0, 0.1) is 12.8 Å². The number of halogens is 4. The van der Waals surface area contributed by atoms with Crippen LogP contribution in [0.1, 0.15) is 60.7 Å². The molecule has 1 saturated carbocycles. The van der Waals surface area contributed by atoms with Crippen molar-refractivity contribution in [1.29, 1.82) is 0 Å². The van der Waals surface area contributed by atoms with E-state index in [0.717, 1.165) is 30.6 Å². The molecule has 0 spiro atoms. The zero-order valence-corrected chi connectivity index (χ0v) is 19.5. The Morgan fingerprint density at radius 3 is 2.72 bits per heavy atom. The van der Waals surface area contributed by atoms with Crippen LogP contribution in [0.15, 0.2) is 48.7 Å². The Balaban J connectivity index is 1.40. The van der Waals surface area contributed by atoms with Gasteiger partial charge in [-0.2, -0.15) is 18.3 Å². The molecule has 1 saturated heterocycles. The summed E-state index contributed by atoms with van der Waals surface area (Å²) in [6, 6.07) is 0.381. The minimum absolute atomic E-state index is 0.215. The minimum Gasteiger partial charge on any atom is -0.373 e. The summed E-state index contributed by atoms with van der Waals surface area (Å²) in [6.07, 6.45) is 6.77. The van der Waals surface area contributed by atoms with E-state index in [2.05, 4.69) is 25.0 Å². The Morgan fingerprint density at radius 1 is 1.11 bits per heavy atom. The monoisotopic (exact) mass is 500 g/mol. The topological polar surface area (TPSA) is 78.6 Å². The van der Waals surface area contributed by atoms with Gasteiger partial charge < -0.3 is 4.74 Å². The molecule has 0 N–H and O–H groups in total. The first-order valence-electron chi connectivity index (χ1n) is 12.0. The van der Waals surface area contributed by atoms with E-state index in [1.165, 1.54) is 18.6 Å². The molecule has 3 aliphatic rings. The first-order chi connectivity index (χ1) is 17.2. The van der Waals surface area contributed by atoms with Crippen molar-refractivity contribution in [2.24, 2.45) is 5.92 Å². The average Bonchev–Trinajstić information content (AvgIpc) is 3.59. The summed E-state index contributed by atoms with van der Waals surface area (Å²) < 4.78 is 66.2. The van der Waals surface area contributed by atoms with Gasteiger partial charge in [-0.3, -0.25) is 4.68 Å². The average molecular weight is 501 g/mol. The summed E-state index contributed by atoms with van der Waals surface area (Å²) in [5.41, 5.74) is -1.18. The number of hydrogen-bond donors (Lipinski definition) is 0. The fourth-order valence-corrected chi connectivity index (χ4v) is 5.23. The first kappa shape index (κ1) is 23.2. The number of rotatable bonds is 4. The van der Waals surface area contributed by atoms with Crippen LogP contribution < -0.4 is 0 Å². The van der Waals surface area contributed by atoms with E-state index in [0.29, 0.717) is 11.7 Å². The standard InChI is InChI=1S/C25H24F4N6O/c1-14-10-30-22-21(31-13-32-23(22)34-14)19-5-2-17(25(27,28)29)9-24(19,26)16-6-7-36-20(8-16)15-11-33-35(12-15)18-3-4-18/h2,5,9-13,16,18-20H,3-4,6-8H2,1H3/t16-,19?,20+,24?/m0/s1. The molecule has 188 valence electrons. The molecule has 36 heavy (non-hydrogen) atoms. The Bertz CT molecular complexity index is 1360. The maximum absolute atomic E-state index is 17.2. The molecule has 6 rings (SSSR count). The zero-order chi connectivity index (χ0) is 25.1. The van der Waals surface area contributed by atoms with E-state index >= 15 is 4.39 Å². The summed E-state index contributed by atoms with van der Waals surface area (Å²) in [5, 5.41) is 4.40. The zero-order valence-electron chi connectivity index (χ0n) is 19.5. The van der Waals surface area contributed by atoms with Crippen molar-refractivity contribution in [3.05, 3.63) is 65.7 Å². The predicted molar refractivity (Wildman–Crippen MR) is 122 cm³/mol. The Kier molecular flexibility index (Phi) is 5.43. The number of ether oxygens (including phenoxy) is 1. The third-order valence-corrected chi connectivity index (χ3v) is 7.26. The lowest BCUT2D eigenvalue weighted by Crippen LogP contribution is -2.43. The summed E-state index contributed by atoms with van der Waals surface area (Å²) in [7, 11) is 0. The van der Waals surface area contributed by atoms with E-state index in [9.17, 15) is 13.2 Å². The highest BCUT2D eigenvalue weighted by Gasteiger charge is 2.51. The molecule has 4 heterocycles. The van der Waals surface area contributed by atoms with E-state index in [-0.39, 0.29) is 36.3 Å². The number of aromatic nitrogens is 6. The smallest absolute Gasteiger partial charge is 0.373 e. The number of nitrogens with zero attached hydrogens (tertiary/aromatic N) is 6. The minimum atomic E-state index is -4.68. The fraction of sp³-hybridized carbons (Fsp3) is 0.480. The Labute approximate surface area is 204 Å². The highest BCUT2D eigenvalue weighted by Crippen LogP contribution is 2.51. The Morgan fingerprint density at radius 2 is 1.94 bits per heavy atom. The lowest BCUT2D eigenvalue weighted by atomic mass is 9.69. The van der Waals surface area contributed by atoms with Gasteiger partial charge in [-0.1, -0.05) is 12.2 Å². The van der Waals surface area contributed by atoms with E-state index in [1.807, 2.05) is 10.9 Å². The van der Waals surface area contributed by atoms with Crippen molar-refractivity contribution in [3.8, 4) is 0 Å². The van der Waals surface area contributed by atoms with Gasteiger partial charge in [0.05, 0.1) is 41.2 Å². The molecule has 2 fully saturated rings. The third-order valence-electron chi connectivity index (χ3n) is 7.26. The van der Waals surface area contributed by atoms with Gasteiger partial charge in [0.15, 0.2) is 5.65 Å². The van der Waals surface area contributed by atoms with Crippen molar-refractivity contribution in [3.63, 3.8) is 0 Å². The van der Waals surface area contributed by atoms with Gasteiger partial charge in [-0.05, 0) is 38.7 Å². The van der Waals surface area contributed by atoms with Crippen LogP contribution in [0.5, 0.6) is 0 Å². The molecule has 7 nitrogen and oxygen atoms in total. The summed E-state index contributed by atoms with van der Waals surface area (Å²) in [4.78, 5) is 17.1. The quantitative estimate of drug-likeness (QED) is 0.454. The van der Waals surface area contributed by atoms with Crippen molar-refractivity contribution < 1.29 is 22.3 Å². The molecular weight excluding hydrogens is 476 g/mol. The second kappa shape index (κ2) is 8.43. The number of alkyl halides is 4. The number of aryl methyl sites for hydroxylation is 1. The maximum atomic E-state index is 17.2. The molecule has 4 atom stereocenters. The Hall–Kier alpha value is -3.21. The van der Waals surface area contributed by atoms with Crippen LogP contribution in [0.25, 0.3) is 11.2 Å². The van der Waals surface area contributed by atoms with Crippen molar-refractivity contribution in [1.82, 2.24) is 29.7 Å². The van der Waals surface area contributed by atoms with Crippen LogP contribution in [-0.2, 0) is 4.74 Å². The van der Waals surface area contributed by atoms with Crippen LogP contribution in [-0.4, -0.2) is 48.2 Å². The lowest BCUT2D eigenvalue weighted by Gasteiger charge is -2.42. The lowest BCUT2D eigenvalue weighted by molar-refractivity contribution is -0.0922.